The summed E-state index contributed by atoms with van der Waals surface area (Å²) in [5, 5.41) is 14.2. The maximum Gasteiger partial charge on any atom is 0.490 e. The second kappa shape index (κ2) is 11.4. The molecule has 1 aliphatic carbocycles. The van der Waals surface area contributed by atoms with E-state index < -0.39 is 24.3 Å². The first kappa shape index (κ1) is 28.6. The van der Waals surface area contributed by atoms with Crippen LogP contribution in [0.25, 0.3) is 0 Å². The van der Waals surface area contributed by atoms with Crippen LogP contribution in [0.2, 0.25) is 0 Å². The van der Waals surface area contributed by atoms with Crippen molar-refractivity contribution in [2.45, 2.75) is 37.2 Å². The van der Waals surface area contributed by atoms with Crippen LogP contribution >= 0.6 is 0 Å². The zero-order chi connectivity index (χ0) is 26.4. The molecule has 3 heterocycles. The normalized spacial score (nSPS) is 21.3. The summed E-state index contributed by atoms with van der Waals surface area (Å²) < 4.78 is 68.9. The molecular formula is C20H26F6N4O5. The fraction of sp³-hybridized carbons (Fsp3) is 0.700. The molecule has 0 bridgehead atoms. The van der Waals surface area contributed by atoms with Gasteiger partial charge < -0.3 is 19.8 Å². The highest BCUT2D eigenvalue weighted by atomic mass is 19.4. The average molecular weight is 516 g/mol. The lowest BCUT2D eigenvalue weighted by Crippen LogP contribution is -2.68. The van der Waals surface area contributed by atoms with Crippen molar-refractivity contribution in [3.8, 4) is 0 Å². The Labute approximate surface area is 196 Å². The van der Waals surface area contributed by atoms with Crippen molar-refractivity contribution in [1.82, 2.24) is 14.9 Å². The van der Waals surface area contributed by atoms with Gasteiger partial charge in [0.05, 0.1) is 12.1 Å². The molecule has 15 heteroatoms. The highest BCUT2D eigenvalue weighted by Crippen LogP contribution is 2.44. The number of ether oxygens (including phenoxy) is 1. The van der Waals surface area contributed by atoms with Gasteiger partial charge in [0.2, 0.25) is 5.95 Å². The summed E-state index contributed by atoms with van der Waals surface area (Å²) in [6, 6.07) is 1.88. The minimum atomic E-state index is -5.08. The Balaban J connectivity index is 0.000000257. The van der Waals surface area contributed by atoms with Gasteiger partial charge in [-0.15, -0.1) is 0 Å². The van der Waals surface area contributed by atoms with Crippen LogP contribution in [0.5, 0.6) is 0 Å². The third kappa shape index (κ3) is 8.49. The van der Waals surface area contributed by atoms with Gasteiger partial charge in [0.25, 0.3) is 0 Å². The highest BCUT2D eigenvalue weighted by Gasteiger charge is 2.54. The lowest BCUT2D eigenvalue weighted by atomic mass is 9.84. The van der Waals surface area contributed by atoms with E-state index in [2.05, 4.69) is 19.8 Å². The Hall–Kier alpha value is -2.68. The first-order chi connectivity index (χ1) is 16.2. The molecule has 1 spiro atoms. The SMILES string of the molecule is COCC1CN(CC2CC2)C2(C1)CN(c1ncccn1)C2.O=C(O)C(F)(F)F.O=C(O)C(F)(F)F. The number of nitrogens with zero attached hydrogens (tertiary/aromatic N) is 4. The Morgan fingerprint density at radius 2 is 1.51 bits per heavy atom. The van der Waals surface area contributed by atoms with Gasteiger partial charge in [-0.2, -0.15) is 26.3 Å². The van der Waals surface area contributed by atoms with Crippen molar-refractivity contribution in [2.75, 3.05) is 44.8 Å². The number of methoxy groups -OCH3 is 1. The number of carboxylic acids is 2. The summed E-state index contributed by atoms with van der Waals surface area (Å²) in [7, 11) is 1.82. The van der Waals surface area contributed by atoms with Crippen LogP contribution in [0.4, 0.5) is 32.3 Å². The van der Waals surface area contributed by atoms with Crippen molar-refractivity contribution >= 4 is 17.9 Å². The predicted octanol–water partition coefficient (Wildman–Crippen LogP) is 2.68. The summed E-state index contributed by atoms with van der Waals surface area (Å²) in [6.07, 6.45) is -2.40. The van der Waals surface area contributed by atoms with Crippen molar-refractivity contribution in [2.24, 2.45) is 11.8 Å². The highest BCUT2D eigenvalue weighted by molar-refractivity contribution is 5.73. The number of likely N-dealkylation sites (tertiary alicyclic amines) is 1. The number of halogens is 6. The van der Waals surface area contributed by atoms with Crippen LogP contribution in [0, 0.1) is 11.8 Å². The molecule has 1 aromatic rings. The van der Waals surface area contributed by atoms with E-state index in [0.29, 0.717) is 11.5 Å². The Bertz CT molecular complexity index is 821. The van der Waals surface area contributed by atoms with Crippen LogP contribution < -0.4 is 4.90 Å². The van der Waals surface area contributed by atoms with E-state index >= 15 is 0 Å². The minimum Gasteiger partial charge on any atom is -0.475 e. The zero-order valence-electron chi connectivity index (χ0n) is 18.7. The number of hydrogen-bond donors (Lipinski definition) is 2. The van der Waals surface area contributed by atoms with E-state index in [4.69, 9.17) is 24.5 Å². The number of hydrogen-bond acceptors (Lipinski definition) is 7. The molecule has 9 nitrogen and oxygen atoms in total. The van der Waals surface area contributed by atoms with E-state index in [1.54, 1.807) is 0 Å². The van der Waals surface area contributed by atoms with E-state index in [-0.39, 0.29) is 0 Å². The number of carboxylic acid groups (broad SMARTS) is 2. The molecule has 4 rings (SSSR count). The minimum absolute atomic E-state index is 0.352. The number of carbonyl (C=O) groups is 2. The molecule has 198 valence electrons. The van der Waals surface area contributed by atoms with Crippen molar-refractivity contribution in [3.05, 3.63) is 18.5 Å². The van der Waals surface area contributed by atoms with Crippen LogP contribution in [0.15, 0.2) is 18.5 Å². The molecule has 2 N–H and O–H groups in total. The quantitative estimate of drug-likeness (QED) is 0.570. The Morgan fingerprint density at radius 1 is 1.03 bits per heavy atom. The van der Waals surface area contributed by atoms with E-state index in [1.807, 2.05) is 25.6 Å². The summed E-state index contributed by atoms with van der Waals surface area (Å²) in [6.45, 7) is 5.52. The van der Waals surface area contributed by atoms with Crippen molar-refractivity contribution < 1.29 is 50.9 Å². The molecule has 35 heavy (non-hydrogen) atoms. The molecule has 1 atom stereocenters. The summed E-state index contributed by atoms with van der Waals surface area (Å²) >= 11 is 0. The van der Waals surface area contributed by atoms with Gasteiger partial charge in [-0.3, -0.25) is 4.90 Å². The maximum absolute atomic E-state index is 10.6. The zero-order valence-corrected chi connectivity index (χ0v) is 18.7. The molecule has 2 aliphatic heterocycles. The van der Waals surface area contributed by atoms with Crippen LogP contribution in [0.3, 0.4) is 0 Å². The van der Waals surface area contributed by atoms with Crippen LogP contribution in [-0.2, 0) is 14.3 Å². The smallest absolute Gasteiger partial charge is 0.475 e. The Kier molecular flexibility index (Phi) is 9.28. The fourth-order valence-electron chi connectivity index (χ4n) is 4.05. The number of anilines is 1. The molecule has 3 aliphatic rings. The molecule has 0 amide bonds. The second-order valence-corrected chi connectivity index (χ2v) is 8.61. The molecule has 1 saturated carbocycles. The number of aromatic nitrogens is 2. The van der Waals surface area contributed by atoms with Crippen molar-refractivity contribution in [3.63, 3.8) is 0 Å². The number of rotatable bonds is 5. The second-order valence-electron chi connectivity index (χ2n) is 8.61. The third-order valence-electron chi connectivity index (χ3n) is 5.69. The van der Waals surface area contributed by atoms with Gasteiger partial charge in [-0.25, -0.2) is 19.6 Å². The van der Waals surface area contributed by atoms with Crippen LogP contribution in [-0.4, -0.2) is 94.8 Å². The fourth-order valence-corrected chi connectivity index (χ4v) is 4.05. The molecule has 3 fully saturated rings. The molecule has 0 radical (unpaired) electrons. The largest absolute Gasteiger partial charge is 0.490 e. The number of alkyl halides is 6. The molecule has 1 unspecified atom stereocenters. The van der Waals surface area contributed by atoms with Gasteiger partial charge in [-0.1, -0.05) is 0 Å². The monoisotopic (exact) mass is 516 g/mol. The third-order valence-corrected chi connectivity index (χ3v) is 5.69. The van der Waals surface area contributed by atoms with Gasteiger partial charge >= 0.3 is 24.3 Å². The summed E-state index contributed by atoms with van der Waals surface area (Å²) in [5.74, 6) is -3.00. The van der Waals surface area contributed by atoms with E-state index in [1.165, 1.54) is 32.4 Å². The van der Waals surface area contributed by atoms with E-state index in [9.17, 15) is 26.3 Å². The van der Waals surface area contributed by atoms with Gasteiger partial charge in [0, 0.05) is 45.7 Å². The average Bonchev–Trinajstić information content (AvgIpc) is 3.47. The van der Waals surface area contributed by atoms with E-state index in [0.717, 1.165) is 31.6 Å². The molecule has 2 saturated heterocycles. The summed E-state index contributed by atoms with van der Waals surface area (Å²) in [4.78, 5) is 31.6. The topological polar surface area (TPSA) is 116 Å². The first-order valence-electron chi connectivity index (χ1n) is 10.5. The van der Waals surface area contributed by atoms with Crippen molar-refractivity contribution in [1.29, 1.82) is 0 Å². The predicted molar refractivity (Wildman–Crippen MR) is 109 cm³/mol. The van der Waals surface area contributed by atoms with Crippen LogP contribution in [0.1, 0.15) is 19.3 Å². The lowest BCUT2D eigenvalue weighted by molar-refractivity contribution is -0.193. The Morgan fingerprint density at radius 3 is 1.91 bits per heavy atom. The molecule has 1 aromatic heterocycles. The van der Waals surface area contributed by atoms with Gasteiger partial charge in [-0.05, 0) is 37.2 Å². The number of aliphatic carboxylic acids is 2. The maximum atomic E-state index is 10.6. The molecular weight excluding hydrogens is 490 g/mol. The first-order valence-corrected chi connectivity index (χ1v) is 10.5. The molecule has 0 aromatic carbocycles. The summed E-state index contributed by atoms with van der Waals surface area (Å²) in [5.41, 5.74) is 0.352. The van der Waals surface area contributed by atoms with Gasteiger partial charge in [0.15, 0.2) is 0 Å². The standard InChI is InChI=1S/C16H24N4O.2C2HF3O2/c1-21-10-14-7-16(20(9-14)8-13-3-4-13)11-19(12-16)15-17-5-2-6-18-15;2*3-2(4,5)1(6)7/h2,5-6,13-14H,3-4,7-12H2,1H3;2*(H,6,7). The lowest BCUT2D eigenvalue weighted by Gasteiger charge is -2.53. The van der Waals surface area contributed by atoms with Gasteiger partial charge in [0.1, 0.15) is 0 Å².